The second kappa shape index (κ2) is 8.78. The van der Waals surface area contributed by atoms with Gasteiger partial charge in [-0.2, -0.15) is 0 Å². The maximum absolute atomic E-state index is 5.73. The highest BCUT2D eigenvalue weighted by molar-refractivity contribution is 5.31. The van der Waals surface area contributed by atoms with Crippen LogP contribution < -0.4 is 15.2 Å². The first kappa shape index (κ1) is 14.8. The van der Waals surface area contributed by atoms with E-state index in [9.17, 15) is 0 Å². The van der Waals surface area contributed by atoms with Gasteiger partial charge in [-0.05, 0) is 37.6 Å². The predicted octanol–water partition coefficient (Wildman–Crippen LogP) is 2.22. The third kappa shape index (κ3) is 5.89. The van der Waals surface area contributed by atoms with Crippen LogP contribution in [0.1, 0.15) is 20.3 Å². The Morgan fingerprint density at radius 1 is 1.00 bits per heavy atom. The molecule has 0 amide bonds. The van der Waals surface area contributed by atoms with E-state index in [1.807, 2.05) is 38.1 Å². The lowest BCUT2D eigenvalue weighted by atomic mass is 10.3. The molecule has 1 aromatic carbocycles. The molecule has 1 rings (SSSR count). The number of nitrogens with two attached hydrogens (primary N) is 1. The van der Waals surface area contributed by atoms with Gasteiger partial charge >= 0.3 is 0 Å². The molecule has 2 N–H and O–H groups in total. The topological polar surface area (TPSA) is 53.7 Å². The Hall–Kier alpha value is -1.26. The van der Waals surface area contributed by atoms with Gasteiger partial charge in [-0.1, -0.05) is 6.92 Å². The highest BCUT2D eigenvalue weighted by atomic mass is 16.5. The van der Waals surface area contributed by atoms with Crippen molar-refractivity contribution < 1.29 is 14.2 Å². The molecule has 0 radical (unpaired) electrons. The number of rotatable bonds is 9. The number of hydrogen-bond acceptors (Lipinski definition) is 4. The van der Waals surface area contributed by atoms with Crippen molar-refractivity contribution in [1.29, 1.82) is 0 Å². The quantitative estimate of drug-likeness (QED) is 0.686. The van der Waals surface area contributed by atoms with Crippen molar-refractivity contribution in [3.63, 3.8) is 0 Å². The van der Waals surface area contributed by atoms with Crippen LogP contribution in [0.5, 0.6) is 11.5 Å². The van der Waals surface area contributed by atoms with Gasteiger partial charge in [-0.3, -0.25) is 0 Å². The minimum atomic E-state index is 0.121. The maximum atomic E-state index is 5.73. The van der Waals surface area contributed by atoms with Crippen molar-refractivity contribution in [2.75, 3.05) is 26.4 Å². The van der Waals surface area contributed by atoms with Gasteiger partial charge in [-0.15, -0.1) is 0 Å². The third-order valence-electron chi connectivity index (χ3n) is 2.49. The van der Waals surface area contributed by atoms with Gasteiger partial charge in [0, 0.05) is 6.04 Å². The predicted molar refractivity (Wildman–Crippen MR) is 72.2 cm³/mol. The van der Waals surface area contributed by atoms with Crippen molar-refractivity contribution in [2.45, 2.75) is 26.3 Å². The molecule has 0 saturated carbocycles. The molecule has 0 fully saturated rings. The van der Waals surface area contributed by atoms with Crippen LogP contribution in [-0.4, -0.2) is 32.5 Å². The molecule has 102 valence electrons. The van der Waals surface area contributed by atoms with E-state index in [2.05, 4.69) is 0 Å². The first-order valence-electron chi connectivity index (χ1n) is 6.45. The largest absolute Gasteiger partial charge is 0.494 e. The molecule has 18 heavy (non-hydrogen) atoms. The highest BCUT2D eigenvalue weighted by Gasteiger charge is 1.99. The van der Waals surface area contributed by atoms with E-state index >= 15 is 0 Å². The molecule has 0 saturated heterocycles. The van der Waals surface area contributed by atoms with Gasteiger partial charge in [0.15, 0.2) is 0 Å². The molecule has 0 bridgehead atoms. The third-order valence-corrected chi connectivity index (χ3v) is 2.49. The van der Waals surface area contributed by atoms with Crippen LogP contribution in [0.15, 0.2) is 24.3 Å². The fourth-order valence-electron chi connectivity index (χ4n) is 1.37. The molecule has 0 aliphatic carbocycles. The first-order valence-corrected chi connectivity index (χ1v) is 6.45. The van der Waals surface area contributed by atoms with Crippen LogP contribution in [0, 0.1) is 0 Å². The van der Waals surface area contributed by atoms with Gasteiger partial charge in [0.2, 0.25) is 0 Å². The lowest BCUT2D eigenvalue weighted by Gasteiger charge is -2.10. The molecule has 1 aromatic rings. The first-order chi connectivity index (χ1) is 8.76. The zero-order valence-electron chi connectivity index (χ0n) is 11.2. The minimum Gasteiger partial charge on any atom is -0.494 e. The zero-order valence-corrected chi connectivity index (χ0v) is 11.2. The van der Waals surface area contributed by atoms with Crippen LogP contribution in [-0.2, 0) is 4.74 Å². The summed E-state index contributed by atoms with van der Waals surface area (Å²) >= 11 is 0. The standard InChI is InChI=1S/C14H23NO3/c1-3-12(15)11-16-9-10-18-14-7-5-13(6-8-14)17-4-2/h5-8,12H,3-4,9-11,15H2,1-2H3. The van der Waals surface area contributed by atoms with Gasteiger partial charge in [0.25, 0.3) is 0 Å². The van der Waals surface area contributed by atoms with Crippen LogP contribution in [0.25, 0.3) is 0 Å². The molecular formula is C14H23NO3. The molecule has 1 atom stereocenters. The number of benzene rings is 1. The summed E-state index contributed by atoms with van der Waals surface area (Å²) < 4.78 is 16.3. The summed E-state index contributed by atoms with van der Waals surface area (Å²) in [5.74, 6) is 1.68. The van der Waals surface area contributed by atoms with Gasteiger partial charge in [0.05, 0.1) is 19.8 Å². The molecule has 4 nitrogen and oxygen atoms in total. The molecule has 0 aliphatic rings. The van der Waals surface area contributed by atoms with E-state index in [0.29, 0.717) is 26.4 Å². The lowest BCUT2D eigenvalue weighted by Crippen LogP contribution is -2.26. The molecule has 0 aliphatic heterocycles. The van der Waals surface area contributed by atoms with E-state index in [1.54, 1.807) is 0 Å². The normalized spacial score (nSPS) is 12.2. The summed E-state index contributed by atoms with van der Waals surface area (Å²) in [5.41, 5.74) is 5.73. The second-order valence-corrected chi connectivity index (χ2v) is 4.00. The Balaban J connectivity index is 2.15. The van der Waals surface area contributed by atoms with E-state index in [-0.39, 0.29) is 6.04 Å². The SMILES string of the molecule is CCOc1ccc(OCCOCC(N)CC)cc1. The van der Waals surface area contributed by atoms with E-state index in [0.717, 1.165) is 17.9 Å². The molecule has 4 heteroatoms. The number of hydrogen-bond donors (Lipinski definition) is 1. The second-order valence-electron chi connectivity index (χ2n) is 4.00. The van der Waals surface area contributed by atoms with Gasteiger partial charge in [-0.25, -0.2) is 0 Å². The van der Waals surface area contributed by atoms with Gasteiger partial charge in [0.1, 0.15) is 18.1 Å². The molecule has 0 aromatic heterocycles. The summed E-state index contributed by atoms with van der Waals surface area (Å²) in [6.45, 7) is 6.35. The molecule has 1 unspecified atom stereocenters. The lowest BCUT2D eigenvalue weighted by molar-refractivity contribution is 0.0897. The molecule has 0 heterocycles. The van der Waals surface area contributed by atoms with Crippen molar-refractivity contribution in [3.05, 3.63) is 24.3 Å². The summed E-state index contributed by atoms with van der Waals surface area (Å²) in [6, 6.07) is 7.70. The Morgan fingerprint density at radius 2 is 1.61 bits per heavy atom. The van der Waals surface area contributed by atoms with Gasteiger partial charge < -0.3 is 19.9 Å². The van der Waals surface area contributed by atoms with Crippen LogP contribution in [0.2, 0.25) is 0 Å². The van der Waals surface area contributed by atoms with E-state index in [1.165, 1.54) is 0 Å². The van der Waals surface area contributed by atoms with Crippen molar-refractivity contribution in [1.82, 2.24) is 0 Å². The van der Waals surface area contributed by atoms with E-state index in [4.69, 9.17) is 19.9 Å². The zero-order chi connectivity index (χ0) is 13.2. The fraction of sp³-hybridized carbons (Fsp3) is 0.571. The Morgan fingerprint density at radius 3 is 2.17 bits per heavy atom. The summed E-state index contributed by atoms with van der Waals surface area (Å²) in [7, 11) is 0. The average Bonchev–Trinajstić information content (AvgIpc) is 2.40. The average molecular weight is 253 g/mol. The monoisotopic (exact) mass is 253 g/mol. The summed E-state index contributed by atoms with van der Waals surface area (Å²) in [4.78, 5) is 0. The van der Waals surface area contributed by atoms with Crippen molar-refractivity contribution in [3.8, 4) is 11.5 Å². The summed E-state index contributed by atoms with van der Waals surface area (Å²) in [5, 5.41) is 0. The van der Waals surface area contributed by atoms with E-state index < -0.39 is 0 Å². The number of ether oxygens (including phenoxy) is 3. The van der Waals surface area contributed by atoms with Crippen LogP contribution in [0.4, 0.5) is 0 Å². The molecule has 0 spiro atoms. The fourth-order valence-corrected chi connectivity index (χ4v) is 1.37. The Kier molecular flexibility index (Phi) is 7.22. The molecular weight excluding hydrogens is 230 g/mol. The Bertz CT molecular complexity index is 313. The van der Waals surface area contributed by atoms with Crippen molar-refractivity contribution in [2.24, 2.45) is 5.73 Å². The van der Waals surface area contributed by atoms with Crippen molar-refractivity contribution >= 4 is 0 Å². The highest BCUT2D eigenvalue weighted by Crippen LogP contribution is 2.17. The van der Waals surface area contributed by atoms with Crippen LogP contribution >= 0.6 is 0 Å². The smallest absolute Gasteiger partial charge is 0.119 e. The minimum absolute atomic E-state index is 0.121. The Labute approximate surface area is 109 Å². The maximum Gasteiger partial charge on any atom is 0.119 e. The van der Waals surface area contributed by atoms with Crippen LogP contribution in [0.3, 0.4) is 0 Å². The summed E-state index contributed by atoms with van der Waals surface area (Å²) in [6.07, 6.45) is 0.930.